The first-order valence-electron chi connectivity index (χ1n) is 12.7. The number of hydrogen-bond donors (Lipinski definition) is 2. The van der Waals surface area contributed by atoms with Crippen molar-refractivity contribution in [3.8, 4) is 11.5 Å². The van der Waals surface area contributed by atoms with Crippen LogP contribution in [0.25, 0.3) is 6.08 Å². The molecule has 1 aliphatic heterocycles. The van der Waals surface area contributed by atoms with E-state index in [1.54, 1.807) is 54.8 Å². The highest BCUT2D eigenvalue weighted by atomic mass is 16.7. The second kappa shape index (κ2) is 13.1. The molecular weight excluding hydrogens is 480 g/mol. The molecule has 2 amide bonds. The normalized spacial score (nSPS) is 12.4. The minimum absolute atomic E-state index is 0.0417. The predicted octanol–water partition coefficient (Wildman–Crippen LogP) is 4.96. The maximum atomic E-state index is 13.1. The minimum atomic E-state index is -0.558. The second-order valence-electron chi connectivity index (χ2n) is 8.77. The minimum Gasteiger partial charge on any atom is -0.454 e. The molecule has 0 atom stereocenters. The first-order chi connectivity index (χ1) is 18.6. The van der Waals surface area contributed by atoms with E-state index in [4.69, 9.17) is 9.47 Å². The van der Waals surface area contributed by atoms with E-state index in [0.29, 0.717) is 22.6 Å². The highest BCUT2D eigenvalue weighted by Crippen LogP contribution is 2.33. The van der Waals surface area contributed by atoms with Crippen molar-refractivity contribution in [3.05, 3.63) is 95.2 Å². The lowest BCUT2D eigenvalue weighted by Gasteiger charge is -2.23. The summed E-state index contributed by atoms with van der Waals surface area (Å²) in [4.78, 5) is 28.2. The third-order valence-electron chi connectivity index (χ3n) is 5.86. The summed E-state index contributed by atoms with van der Waals surface area (Å²) in [5.41, 5.74) is 5.66. The van der Waals surface area contributed by atoms with Gasteiger partial charge in [-0.25, -0.2) is 5.43 Å². The number of carbonyl (C=O) groups is 2. The fraction of sp³-hybridized carbons (Fsp3) is 0.233. The van der Waals surface area contributed by atoms with Crippen LogP contribution in [0.5, 0.6) is 11.5 Å². The van der Waals surface area contributed by atoms with Gasteiger partial charge in [0.1, 0.15) is 5.70 Å². The van der Waals surface area contributed by atoms with E-state index in [0.717, 1.165) is 37.2 Å². The van der Waals surface area contributed by atoms with E-state index in [2.05, 4.69) is 46.7 Å². The predicted molar refractivity (Wildman–Crippen MR) is 149 cm³/mol. The van der Waals surface area contributed by atoms with Gasteiger partial charge in [0.25, 0.3) is 11.8 Å². The summed E-state index contributed by atoms with van der Waals surface area (Å²) >= 11 is 0. The van der Waals surface area contributed by atoms with Crippen LogP contribution < -0.4 is 25.1 Å². The molecule has 8 heteroatoms. The zero-order chi connectivity index (χ0) is 26.7. The van der Waals surface area contributed by atoms with Crippen LogP contribution >= 0.6 is 0 Å². The van der Waals surface area contributed by atoms with Crippen molar-refractivity contribution in [2.45, 2.75) is 26.7 Å². The molecule has 3 aromatic rings. The Morgan fingerprint density at radius 1 is 0.895 bits per heavy atom. The molecule has 8 nitrogen and oxygen atoms in total. The van der Waals surface area contributed by atoms with Crippen LogP contribution in [-0.2, 0) is 4.79 Å². The second-order valence-corrected chi connectivity index (χ2v) is 8.77. The molecule has 0 fully saturated rings. The van der Waals surface area contributed by atoms with Crippen molar-refractivity contribution in [1.29, 1.82) is 0 Å². The number of anilines is 1. The fourth-order valence-electron chi connectivity index (χ4n) is 4.02. The van der Waals surface area contributed by atoms with Crippen LogP contribution in [0.3, 0.4) is 0 Å². The number of benzene rings is 3. The van der Waals surface area contributed by atoms with Gasteiger partial charge in [0.2, 0.25) is 6.79 Å². The van der Waals surface area contributed by atoms with Crippen LogP contribution in [0.2, 0.25) is 0 Å². The number of rotatable bonds is 11. The van der Waals surface area contributed by atoms with Gasteiger partial charge < -0.3 is 19.7 Å². The Bertz CT molecular complexity index is 1300. The number of nitrogens with one attached hydrogen (secondary N) is 2. The van der Waals surface area contributed by atoms with Crippen LogP contribution in [0, 0.1) is 0 Å². The molecule has 0 bridgehead atoms. The molecule has 38 heavy (non-hydrogen) atoms. The lowest BCUT2D eigenvalue weighted by molar-refractivity contribution is -0.117. The average molecular weight is 513 g/mol. The van der Waals surface area contributed by atoms with Gasteiger partial charge >= 0.3 is 0 Å². The summed E-state index contributed by atoms with van der Waals surface area (Å²) in [7, 11) is 0. The molecule has 2 N–H and O–H groups in total. The first kappa shape index (κ1) is 26.5. The molecule has 196 valence electrons. The van der Waals surface area contributed by atoms with Crippen LogP contribution in [-0.4, -0.2) is 37.9 Å². The number of nitrogens with zero attached hydrogens (tertiary/aromatic N) is 2. The molecule has 0 saturated heterocycles. The van der Waals surface area contributed by atoms with Crippen LogP contribution in [0.4, 0.5) is 5.69 Å². The number of carbonyl (C=O) groups excluding carboxylic acids is 2. The number of fused-ring (bicyclic) bond motifs is 1. The van der Waals surface area contributed by atoms with Crippen molar-refractivity contribution in [3.63, 3.8) is 0 Å². The molecule has 4 rings (SSSR count). The average Bonchev–Trinajstić information content (AvgIpc) is 3.41. The van der Waals surface area contributed by atoms with Crippen LogP contribution in [0.1, 0.15) is 48.2 Å². The Labute approximate surface area is 223 Å². The van der Waals surface area contributed by atoms with Gasteiger partial charge in [0.15, 0.2) is 11.5 Å². The summed E-state index contributed by atoms with van der Waals surface area (Å²) in [5, 5.41) is 6.81. The van der Waals surface area contributed by atoms with Gasteiger partial charge in [-0.05, 0) is 66.4 Å². The first-order valence-corrected chi connectivity index (χ1v) is 12.7. The highest BCUT2D eigenvalue weighted by molar-refractivity contribution is 6.05. The Hall–Kier alpha value is -4.59. The number of hydrogen-bond acceptors (Lipinski definition) is 6. The van der Waals surface area contributed by atoms with Gasteiger partial charge in [0, 0.05) is 24.3 Å². The summed E-state index contributed by atoms with van der Waals surface area (Å²) in [6.07, 6.45) is 5.30. The van der Waals surface area contributed by atoms with Gasteiger partial charge in [-0.1, -0.05) is 50.2 Å². The number of hydrazone groups is 1. The molecule has 1 heterocycles. The molecule has 1 aliphatic rings. The largest absolute Gasteiger partial charge is 0.454 e. The molecule has 0 spiro atoms. The van der Waals surface area contributed by atoms with Crippen LogP contribution in [0.15, 0.2) is 83.6 Å². The Kier molecular flexibility index (Phi) is 9.12. The van der Waals surface area contributed by atoms with E-state index in [1.165, 1.54) is 0 Å². The summed E-state index contributed by atoms with van der Waals surface area (Å²) in [5.74, 6) is 0.239. The maximum absolute atomic E-state index is 13.1. The van der Waals surface area contributed by atoms with E-state index in [9.17, 15) is 9.59 Å². The molecule has 3 aromatic carbocycles. The van der Waals surface area contributed by atoms with Gasteiger partial charge in [-0.15, -0.1) is 0 Å². The van der Waals surface area contributed by atoms with E-state index in [-0.39, 0.29) is 12.5 Å². The van der Waals surface area contributed by atoms with Crippen molar-refractivity contribution in [1.82, 2.24) is 10.7 Å². The maximum Gasteiger partial charge on any atom is 0.287 e. The highest BCUT2D eigenvalue weighted by Gasteiger charge is 2.17. The van der Waals surface area contributed by atoms with Crippen molar-refractivity contribution >= 4 is 29.8 Å². The quantitative estimate of drug-likeness (QED) is 0.215. The van der Waals surface area contributed by atoms with Gasteiger partial charge in [-0.3, -0.25) is 9.59 Å². The zero-order valence-electron chi connectivity index (χ0n) is 21.6. The molecule has 0 radical (unpaired) electrons. The summed E-state index contributed by atoms with van der Waals surface area (Å²) in [6, 6.07) is 22.0. The number of ether oxygens (including phenoxy) is 2. The van der Waals surface area contributed by atoms with Crippen molar-refractivity contribution < 1.29 is 19.1 Å². The van der Waals surface area contributed by atoms with Crippen molar-refractivity contribution in [2.75, 3.05) is 24.8 Å². The topological polar surface area (TPSA) is 92.3 Å². The van der Waals surface area contributed by atoms with E-state index in [1.807, 2.05) is 18.2 Å². The SMILES string of the molecule is CCCN(CCC)c1ccc(/C=N\NC(=O)/C(=C/c2ccc3c(c2)OCO3)NC(=O)c2ccccc2)cc1. The smallest absolute Gasteiger partial charge is 0.287 e. The van der Waals surface area contributed by atoms with Crippen molar-refractivity contribution in [2.24, 2.45) is 5.10 Å². The fourth-order valence-corrected chi connectivity index (χ4v) is 4.02. The number of amides is 2. The summed E-state index contributed by atoms with van der Waals surface area (Å²) < 4.78 is 10.8. The Balaban J connectivity index is 1.48. The third-order valence-corrected chi connectivity index (χ3v) is 5.86. The molecule has 0 unspecified atom stereocenters. The molecule has 0 aromatic heterocycles. The lowest BCUT2D eigenvalue weighted by Crippen LogP contribution is -2.32. The molecule has 0 saturated carbocycles. The Morgan fingerprint density at radius 2 is 1.58 bits per heavy atom. The van der Waals surface area contributed by atoms with Gasteiger partial charge in [0.05, 0.1) is 6.21 Å². The monoisotopic (exact) mass is 512 g/mol. The summed E-state index contributed by atoms with van der Waals surface area (Å²) in [6.45, 7) is 6.49. The standard InChI is InChI=1S/C30H32N4O4/c1-3-16-34(17-4-2)25-13-10-22(11-14-25)20-31-33-30(36)26(32-29(35)24-8-6-5-7-9-24)18-23-12-15-27-28(19-23)38-21-37-27/h5-15,18-20H,3-4,16-17,21H2,1-2H3,(H,32,35)(H,33,36)/b26-18-,31-20-. The third kappa shape index (κ3) is 7.00. The molecular formula is C30H32N4O4. The van der Waals surface area contributed by atoms with Gasteiger partial charge in [-0.2, -0.15) is 5.10 Å². The Morgan fingerprint density at radius 3 is 2.29 bits per heavy atom. The molecule has 0 aliphatic carbocycles. The lowest BCUT2D eigenvalue weighted by atomic mass is 10.1. The zero-order valence-corrected chi connectivity index (χ0v) is 21.6. The van der Waals surface area contributed by atoms with E-state index < -0.39 is 11.8 Å². The van der Waals surface area contributed by atoms with E-state index >= 15 is 0 Å².